The zero-order valence-electron chi connectivity index (χ0n) is 7.76. The van der Waals surface area contributed by atoms with Gasteiger partial charge in [0.05, 0.1) is 17.5 Å². The van der Waals surface area contributed by atoms with E-state index in [-0.39, 0.29) is 5.88 Å². The number of halogens is 1. The summed E-state index contributed by atoms with van der Waals surface area (Å²) in [5.74, 6) is 0.948. The SMILES string of the molecule is N#Cc1cccc(-n2cnnc2CCl)c1. The van der Waals surface area contributed by atoms with E-state index in [4.69, 9.17) is 16.9 Å². The molecule has 0 aliphatic carbocycles. The van der Waals surface area contributed by atoms with Gasteiger partial charge in [-0.3, -0.25) is 4.57 Å². The molecular formula is C10H7ClN4. The van der Waals surface area contributed by atoms with Gasteiger partial charge in [-0.05, 0) is 18.2 Å². The summed E-state index contributed by atoms with van der Waals surface area (Å²) in [7, 11) is 0. The van der Waals surface area contributed by atoms with E-state index in [2.05, 4.69) is 16.3 Å². The third-order valence-corrected chi connectivity index (χ3v) is 2.23. The molecule has 0 radical (unpaired) electrons. The second-order valence-electron chi connectivity index (χ2n) is 2.91. The van der Waals surface area contributed by atoms with Gasteiger partial charge in [0.1, 0.15) is 6.33 Å². The third kappa shape index (κ3) is 1.83. The molecule has 5 heteroatoms. The van der Waals surface area contributed by atoms with E-state index in [0.29, 0.717) is 11.4 Å². The van der Waals surface area contributed by atoms with Crippen molar-refractivity contribution in [1.82, 2.24) is 14.8 Å². The van der Waals surface area contributed by atoms with E-state index in [0.717, 1.165) is 5.69 Å². The van der Waals surface area contributed by atoms with E-state index in [9.17, 15) is 0 Å². The highest BCUT2D eigenvalue weighted by atomic mass is 35.5. The second-order valence-corrected chi connectivity index (χ2v) is 3.18. The molecule has 0 bridgehead atoms. The summed E-state index contributed by atoms with van der Waals surface area (Å²) in [4.78, 5) is 0. The zero-order valence-corrected chi connectivity index (χ0v) is 8.52. The summed E-state index contributed by atoms with van der Waals surface area (Å²) in [6, 6.07) is 9.27. The van der Waals surface area contributed by atoms with Crippen molar-refractivity contribution in [2.75, 3.05) is 0 Å². The van der Waals surface area contributed by atoms with Crippen LogP contribution in [0.4, 0.5) is 0 Å². The molecule has 1 aromatic carbocycles. The largest absolute Gasteiger partial charge is 0.285 e. The first-order valence-corrected chi connectivity index (χ1v) is 4.84. The molecule has 15 heavy (non-hydrogen) atoms. The monoisotopic (exact) mass is 218 g/mol. The lowest BCUT2D eigenvalue weighted by Crippen LogP contribution is -1.98. The second kappa shape index (κ2) is 4.11. The van der Waals surface area contributed by atoms with Crippen molar-refractivity contribution >= 4 is 11.6 Å². The molecule has 0 aliphatic rings. The summed E-state index contributed by atoms with van der Waals surface area (Å²) in [6.45, 7) is 0. The Morgan fingerprint density at radius 3 is 3.07 bits per heavy atom. The molecular weight excluding hydrogens is 212 g/mol. The van der Waals surface area contributed by atoms with Crippen molar-refractivity contribution in [2.24, 2.45) is 0 Å². The Balaban J connectivity index is 2.50. The molecule has 0 saturated heterocycles. The highest BCUT2D eigenvalue weighted by Crippen LogP contribution is 2.12. The van der Waals surface area contributed by atoms with Gasteiger partial charge < -0.3 is 0 Å². The Labute approximate surface area is 91.7 Å². The van der Waals surface area contributed by atoms with Crippen LogP contribution in [0, 0.1) is 11.3 Å². The number of rotatable bonds is 2. The third-order valence-electron chi connectivity index (χ3n) is 1.99. The maximum absolute atomic E-state index is 8.77. The standard InChI is InChI=1S/C10H7ClN4/c11-5-10-14-13-7-15(10)9-3-1-2-8(4-9)6-12/h1-4,7H,5H2. The molecule has 0 unspecified atom stereocenters. The van der Waals surface area contributed by atoms with Crippen LogP contribution in [0.1, 0.15) is 11.4 Å². The number of benzene rings is 1. The van der Waals surface area contributed by atoms with E-state index in [1.807, 2.05) is 12.1 Å². The minimum absolute atomic E-state index is 0.288. The first kappa shape index (κ1) is 9.69. The van der Waals surface area contributed by atoms with Crippen LogP contribution in [0.5, 0.6) is 0 Å². The molecule has 0 N–H and O–H groups in total. The van der Waals surface area contributed by atoms with Gasteiger partial charge in [-0.2, -0.15) is 5.26 Å². The zero-order chi connectivity index (χ0) is 10.7. The lowest BCUT2D eigenvalue weighted by Gasteiger charge is -2.03. The topological polar surface area (TPSA) is 54.5 Å². The molecule has 0 spiro atoms. The normalized spacial score (nSPS) is 9.87. The minimum atomic E-state index is 0.288. The quantitative estimate of drug-likeness (QED) is 0.724. The Hall–Kier alpha value is -1.86. The van der Waals surface area contributed by atoms with Crippen molar-refractivity contribution in [3.63, 3.8) is 0 Å². The first-order chi connectivity index (χ1) is 7.35. The fourth-order valence-electron chi connectivity index (χ4n) is 1.29. The van der Waals surface area contributed by atoms with Gasteiger partial charge in [-0.25, -0.2) is 0 Å². The number of nitriles is 1. The van der Waals surface area contributed by atoms with Crippen LogP contribution < -0.4 is 0 Å². The average Bonchev–Trinajstić information content (AvgIpc) is 2.77. The van der Waals surface area contributed by atoms with Gasteiger partial charge in [0.2, 0.25) is 0 Å². The van der Waals surface area contributed by atoms with Crippen LogP contribution >= 0.6 is 11.6 Å². The van der Waals surface area contributed by atoms with Gasteiger partial charge in [0, 0.05) is 5.69 Å². The van der Waals surface area contributed by atoms with Crippen LogP contribution in [-0.4, -0.2) is 14.8 Å². The molecule has 0 aliphatic heterocycles. The molecule has 1 aromatic heterocycles. The van der Waals surface area contributed by atoms with Crippen molar-refractivity contribution in [1.29, 1.82) is 5.26 Å². The fraction of sp³-hybridized carbons (Fsp3) is 0.100. The van der Waals surface area contributed by atoms with Gasteiger partial charge >= 0.3 is 0 Å². The van der Waals surface area contributed by atoms with E-state index in [1.54, 1.807) is 23.0 Å². The van der Waals surface area contributed by atoms with Gasteiger partial charge in [-0.1, -0.05) is 6.07 Å². The number of alkyl halides is 1. The molecule has 0 fully saturated rings. The predicted molar refractivity (Wildman–Crippen MR) is 55.6 cm³/mol. The number of aromatic nitrogens is 3. The van der Waals surface area contributed by atoms with E-state index < -0.39 is 0 Å². The van der Waals surface area contributed by atoms with Gasteiger partial charge in [0.25, 0.3) is 0 Å². The molecule has 0 amide bonds. The molecule has 4 nitrogen and oxygen atoms in total. The summed E-state index contributed by atoms with van der Waals surface area (Å²) >= 11 is 5.71. The molecule has 0 saturated carbocycles. The summed E-state index contributed by atoms with van der Waals surface area (Å²) < 4.78 is 1.76. The molecule has 74 valence electrons. The highest BCUT2D eigenvalue weighted by molar-refractivity contribution is 6.16. The Kier molecular flexibility index (Phi) is 2.66. The van der Waals surface area contributed by atoms with Gasteiger partial charge in [0.15, 0.2) is 5.82 Å². The smallest absolute Gasteiger partial charge is 0.152 e. The Bertz CT molecular complexity index is 512. The van der Waals surface area contributed by atoms with Crippen molar-refractivity contribution in [3.8, 4) is 11.8 Å². The Morgan fingerprint density at radius 1 is 1.47 bits per heavy atom. The fourth-order valence-corrected chi connectivity index (χ4v) is 1.47. The van der Waals surface area contributed by atoms with Crippen molar-refractivity contribution < 1.29 is 0 Å². The average molecular weight is 219 g/mol. The number of hydrogen-bond acceptors (Lipinski definition) is 3. The Morgan fingerprint density at radius 2 is 2.33 bits per heavy atom. The first-order valence-electron chi connectivity index (χ1n) is 4.30. The van der Waals surface area contributed by atoms with Crippen molar-refractivity contribution in [2.45, 2.75) is 5.88 Å². The lowest BCUT2D eigenvalue weighted by molar-refractivity contribution is 0.950. The minimum Gasteiger partial charge on any atom is -0.285 e. The molecule has 2 aromatic rings. The maximum Gasteiger partial charge on any atom is 0.152 e. The molecule has 2 rings (SSSR count). The van der Waals surface area contributed by atoms with Crippen LogP contribution in [0.2, 0.25) is 0 Å². The van der Waals surface area contributed by atoms with Gasteiger partial charge in [-0.15, -0.1) is 21.8 Å². The molecule has 1 heterocycles. The summed E-state index contributed by atoms with van der Waals surface area (Å²) in [5.41, 5.74) is 1.44. The number of nitrogens with zero attached hydrogens (tertiary/aromatic N) is 4. The summed E-state index contributed by atoms with van der Waals surface area (Å²) in [5, 5.41) is 16.4. The van der Waals surface area contributed by atoms with E-state index >= 15 is 0 Å². The van der Waals surface area contributed by atoms with Crippen LogP contribution in [0.25, 0.3) is 5.69 Å². The predicted octanol–water partition coefficient (Wildman–Crippen LogP) is 1.88. The van der Waals surface area contributed by atoms with Crippen LogP contribution in [-0.2, 0) is 5.88 Å². The summed E-state index contributed by atoms with van der Waals surface area (Å²) in [6.07, 6.45) is 1.58. The maximum atomic E-state index is 8.77. The number of hydrogen-bond donors (Lipinski definition) is 0. The van der Waals surface area contributed by atoms with Crippen LogP contribution in [0.3, 0.4) is 0 Å². The highest BCUT2D eigenvalue weighted by Gasteiger charge is 2.04. The molecule has 0 atom stereocenters. The van der Waals surface area contributed by atoms with E-state index in [1.165, 1.54) is 0 Å². The van der Waals surface area contributed by atoms with Crippen LogP contribution in [0.15, 0.2) is 30.6 Å². The van der Waals surface area contributed by atoms with Crippen molar-refractivity contribution in [3.05, 3.63) is 42.0 Å². The lowest BCUT2D eigenvalue weighted by atomic mass is 10.2.